The standard InChI is InChI=1S/C16H25N3O3/c1-11(2)4-13-5-15(22-17-13)16(20)19-7-12-6-18(3)8-14(19)10-21-9-12/h5,11-12,14H,4,6-10H2,1-3H3/t12-,14-/m0/s1. The van der Waals surface area contributed by atoms with E-state index < -0.39 is 0 Å². The molecule has 122 valence electrons. The van der Waals surface area contributed by atoms with Crippen molar-refractivity contribution in [2.24, 2.45) is 11.8 Å². The van der Waals surface area contributed by atoms with Crippen molar-refractivity contribution in [3.05, 3.63) is 17.5 Å². The smallest absolute Gasteiger partial charge is 0.292 e. The number of fused-ring (bicyclic) bond motifs is 3. The number of nitrogens with zero attached hydrogens (tertiary/aromatic N) is 3. The third-order valence-corrected chi connectivity index (χ3v) is 4.30. The Morgan fingerprint density at radius 3 is 2.95 bits per heavy atom. The van der Waals surface area contributed by atoms with Crippen LogP contribution in [0.1, 0.15) is 30.1 Å². The van der Waals surface area contributed by atoms with Crippen LogP contribution in [0.25, 0.3) is 0 Å². The molecule has 3 rings (SSSR count). The summed E-state index contributed by atoms with van der Waals surface area (Å²) in [5.74, 6) is 1.15. The molecule has 0 radical (unpaired) electrons. The largest absolute Gasteiger partial charge is 0.379 e. The fourth-order valence-electron chi connectivity index (χ4n) is 3.39. The number of hydrogen-bond acceptors (Lipinski definition) is 5. The van der Waals surface area contributed by atoms with Gasteiger partial charge in [0.1, 0.15) is 0 Å². The third kappa shape index (κ3) is 3.33. The van der Waals surface area contributed by atoms with Gasteiger partial charge < -0.3 is 19.1 Å². The van der Waals surface area contributed by atoms with Crippen molar-refractivity contribution in [1.29, 1.82) is 0 Å². The van der Waals surface area contributed by atoms with Crippen LogP contribution in [0.3, 0.4) is 0 Å². The summed E-state index contributed by atoms with van der Waals surface area (Å²) in [4.78, 5) is 17.0. The average Bonchev–Trinajstić information content (AvgIpc) is 2.71. The minimum Gasteiger partial charge on any atom is -0.379 e. The van der Waals surface area contributed by atoms with Gasteiger partial charge in [0.15, 0.2) is 0 Å². The molecule has 2 fully saturated rings. The Kier molecular flexibility index (Phi) is 4.49. The Morgan fingerprint density at radius 2 is 2.18 bits per heavy atom. The lowest BCUT2D eigenvalue weighted by molar-refractivity contribution is 0.0461. The summed E-state index contributed by atoms with van der Waals surface area (Å²) in [5.41, 5.74) is 0.851. The number of aromatic nitrogens is 1. The lowest BCUT2D eigenvalue weighted by atomic mass is 10.1. The molecule has 1 aromatic rings. The zero-order chi connectivity index (χ0) is 15.7. The summed E-state index contributed by atoms with van der Waals surface area (Å²) in [6, 6.07) is 1.88. The Labute approximate surface area is 131 Å². The van der Waals surface area contributed by atoms with E-state index in [1.165, 1.54) is 0 Å². The second-order valence-corrected chi connectivity index (χ2v) is 7.02. The van der Waals surface area contributed by atoms with E-state index in [2.05, 4.69) is 31.0 Å². The second kappa shape index (κ2) is 6.38. The van der Waals surface area contributed by atoms with Crippen LogP contribution in [0.15, 0.2) is 10.6 Å². The SMILES string of the molecule is CC(C)Cc1cc(C(=O)N2C[C@H]3COC[C@@H]2CN(C)C3)on1. The van der Waals surface area contributed by atoms with Gasteiger partial charge in [0.05, 0.1) is 24.9 Å². The number of carbonyl (C=O) groups is 1. The highest BCUT2D eigenvalue weighted by Crippen LogP contribution is 2.21. The number of rotatable bonds is 3. The molecule has 6 nitrogen and oxygen atoms in total. The molecule has 6 heteroatoms. The molecule has 2 atom stereocenters. The number of hydrogen-bond donors (Lipinski definition) is 0. The summed E-state index contributed by atoms with van der Waals surface area (Å²) >= 11 is 0. The van der Waals surface area contributed by atoms with E-state index in [0.717, 1.165) is 38.4 Å². The topological polar surface area (TPSA) is 58.8 Å². The molecule has 0 aromatic carbocycles. The van der Waals surface area contributed by atoms with Gasteiger partial charge in [-0.2, -0.15) is 0 Å². The van der Waals surface area contributed by atoms with Gasteiger partial charge in [0.2, 0.25) is 5.76 Å². The monoisotopic (exact) mass is 307 g/mol. The summed E-state index contributed by atoms with van der Waals surface area (Å²) in [5, 5.41) is 4.03. The molecule has 0 saturated carbocycles. The van der Waals surface area contributed by atoms with Crippen LogP contribution < -0.4 is 0 Å². The van der Waals surface area contributed by atoms with Gasteiger partial charge in [-0.3, -0.25) is 4.79 Å². The fraction of sp³-hybridized carbons (Fsp3) is 0.750. The first kappa shape index (κ1) is 15.5. The molecule has 2 aliphatic heterocycles. The molecule has 1 aromatic heterocycles. The van der Waals surface area contributed by atoms with Crippen LogP contribution in [0, 0.1) is 11.8 Å². The van der Waals surface area contributed by atoms with Crippen molar-refractivity contribution in [3.63, 3.8) is 0 Å². The maximum Gasteiger partial charge on any atom is 0.292 e. The third-order valence-electron chi connectivity index (χ3n) is 4.30. The van der Waals surface area contributed by atoms with Gasteiger partial charge in [-0.05, 0) is 19.4 Å². The van der Waals surface area contributed by atoms with Gasteiger partial charge in [-0.15, -0.1) is 0 Å². The first-order valence-electron chi connectivity index (χ1n) is 8.05. The fourth-order valence-corrected chi connectivity index (χ4v) is 3.39. The van der Waals surface area contributed by atoms with Crippen molar-refractivity contribution in [3.8, 4) is 0 Å². The Hall–Kier alpha value is -1.40. The van der Waals surface area contributed by atoms with Crippen molar-refractivity contribution in [2.75, 3.05) is 39.9 Å². The van der Waals surface area contributed by atoms with E-state index >= 15 is 0 Å². The van der Waals surface area contributed by atoms with Crippen molar-refractivity contribution < 1.29 is 14.1 Å². The first-order valence-corrected chi connectivity index (χ1v) is 8.05. The molecule has 22 heavy (non-hydrogen) atoms. The minimum absolute atomic E-state index is 0.0571. The highest BCUT2D eigenvalue weighted by molar-refractivity contribution is 5.91. The molecule has 0 unspecified atom stereocenters. The van der Waals surface area contributed by atoms with Crippen molar-refractivity contribution in [1.82, 2.24) is 15.0 Å². The lowest BCUT2D eigenvalue weighted by Crippen LogP contribution is -2.45. The van der Waals surface area contributed by atoms with Gasteiger partial charge in [-0.25, -0.2) is 0 Å². The lowest BCUT2D eigenvalue weighted by Gasteiger charge is -2.28. The Morgan fingerprint density at radius 1 is 1.36 bits per heavy atom. The molecule has 2 aliphatic rings. The van der Waals surface area contributed by atoms with Crippen LogP contribution in [0.5, 0.6) is 0 Å². The van der Waals surface area contributed by atoms with E-state index in [-0.39, 0.29) is 11.9 Å². The summed E-state index contributed by atoms with van der Waals surface area (Å²) in [7, 11) is 2.11. The summed E-state index contributed by atoms with van der Waals surface area (Å²) in [6.07, 6.45) is 0.828. The quantitative estimate of drug-likeness (QED) is 0.842. The van der Waals surface area contributed by atoms with Crippen LogP contribution >= 0.6 is 0 Å². The van der Waals surface area contributed by atoms with Gasteiger partial charge in [0.25, 0.3) is 5.91 Å². The predicted octanol–water partition coefficient (Wildman–Crippen LogP) is 1.28. The van der Waals surface area contributed by atoms with E-state index in [9.17, 15) is 4.79 Å². The van der Waals surface area contributed by atoms with Gasteiger partial charge in [-0.1, -0.05) is 19.0 Å². The van der Waals surface area contributed by atoms with Crippen LogP contribution in [-0.4, -0.2) is 66.8 Å². The second-order valence-electron chi connectivity index (χ2n) is 7.02. The van der Waals surface area contributed by atoms with Crippen molar-refractivity contribution in [2.45, 2.75) is 26.3 Å². The number of amides is 1. The maximum atomic E-state index is 12.8. The van der Waals surface area contributed by atoms with E-state index in [1.807, 2.05) is 4.90 Å². The molecule has 2 bridgehead atoms. The summed E-state index contributed by atoms with van der Waals surface area (Å²) in [6.45, 7) is 8.11. The molecule has 0 N–H and O–H groups in total. The molecule has 0 spiro atoms. The predicted molar refractivity (Wildman–Crippen MR) is 81.7 cm³/mol. The highest BCUT2D eigenvalue weighted by atomic mass is 16.5. The average molecular weight is 307 g/mol. The summed E-state index contributed by atoms with van der Waals surface area (Å²) < 4.78 is 11.0. The number of likely N-dealkylation sites (N-methyl/N-ethyl adjacent to an activating group) is 1. The minimum atomic E-state index is -0.0571. The molecule has 3 heterocycles. The maximum absolute atomic E-state index is 12.8. The molecule has 1 amide bonds. The van der Waals surface area contributed by atoms with Crippen LogP contribution in [-0.2, 0) is 11.2 Å². The van der Waals surface area contributed by atoms with E-state index in [4.69, 9.17) is 9.26 Å². The molecule has 0 aliphatic carbocycles. The van der Waals surface area contributed by atoms with Gasteiger partial charge in [0, 0.05) is 31.6 Å². The zero-order valence-electron chi connectivity index (χ0n) is 13.6. The molecular weight excluding hydrogens is 282 g/mol. The molecular formula is C16H25N3O3. The van der Waals surface area contributed by atoms with Gasteiger partial charge >= 0.3 is 0 Å². The zero-order valence-corrected chi connectivity index (χ0v) is 13.6. The normalized spacial score (nSPS) is 26.3. The van der Waals surface area contributed by atoms with Crippen LogP contribution in [0.2, 0.25) is 0 Å². The number of carbonyl (C=O) groups excluding carboxylic acids is 1. The van der Waals surface area contributed by atoms with Crippen molar-refractivity contribution >= 4 is 5.91 Å². The number of ether oxygens (including phenoxy) is 1. The highest BCUT2D eigenvalue weighted by Gasteiger charge is 2.36. The van der Waals surface area contributed by atoms with E-state index in [0.29, 0.717) is 24.2 Å². The van der Waals surface area contributed by atoms with Crippen LogP contribution in [0.4, 0.5) is 0 Å². The van der Waals surface area contributed by atoms with E-state index in [1.54, 1.807) is 6.07 Å². The Balaban J connectivity index is 1.77. The first-order chi connectivity index (χ1) is 10.5. The Bertz CT molecular complexity index is 528. The molecule has 2 saturated heterocycles.